The Kier molecular flexibility index (Phi) is 4.39. The number of carbonyl (C=O) groups is 1. The zero-order valence-corrected chi connectivity index (χ0v) is 16.6. The van der Waals surface area contributed by atoms with E-state index in [-0.39, 0.29) is 11.3 Å². The van der Waals surface area contributed by atoms with Gasteiger partial charge in [-0.2, -0.15) is 0 Å². The van der Waals surface area contributed by atoms with Gasteiger partial charge in [0.1, 0.15) is 0 Å². The fourth-order valence-corrected chi connectivity index (χ4v) is 6.43. The van der Waals surface area contributed by atoms with Crippen molar-refractivity contribution in [2.45, 2.75) is 50.9 Å². The highest BCUT2D eigenvalue weighted by Crippen LogP contribution is 2.47. The van der Waals surface area contributed by atoms with Gasteiger partial charge in [-0.25, -0.2) is 0 Å². The van der Waals surface area contributed by atoms with Crippen molar-refractivity contribution >= 4 is 11.6 Å². The number of amides is 1. The monoisotopic (exact) mass is 364 g/mol. The van der Waals surface area contributed by atoms with Gasteiger partial charge in [0.05, 0.1) is 0 Å². The minimum absolute atomic E-state index is 0.182. The molecule has 1 aromatic rings. The molecule has 1 saturated carbocycles. The number of benzene rings is 1. The van der Waals surface area contributed by atoms with E-state index in [9.17, 15) is 4.79 Å². The Morgan fingerprint density at radius 3 is 2.59 bits per heavy atom. The number of rotatable bonds is 2. The number of allylic oxidation sites excluding steroid dienone is 2. The van der Waals surface area contributed by atoms with Gasteiger partial charge < -0.3 is 9.80 Å². The molecule has 144 valence electrons. The van der Waals surface area contributed by atoms with E-state index in [0.717, 1.165) is 30.7 Å². The fourth-order valence-electron chi connectivity index (χ4n) is 6.43. The summed E-state index contributed by atoms with van der Waals surface area (Å²) in [6.45, 7) is 6.30. The first-order valence-corrected chi connectivity index (χ1v) is 10.9. The maximum Gasteiger partial charge on any atom is 0.223 e. The molecule has 1 saturated heterocycles. The lowest BCUT2D eigenvalue weighted by Crippen LogP contribution is -2.44. The summed E-state index contributed by atoms with van der Waals surface area (Å²) in [7, 11) is 0. The van der Waals surface area contributed by atoms with Crippen LogP contribution in [0.5, 0.6) is 0 Å². The van der Waals surface area contributed by atoms with Crippen LogP contribution in [0.15, 0.2) is 36.4 Å². The zero-order chi connectivity index (χ0) is 18.4. The molecule has 3 heteroatoms. The van der Waals surface area contributed by atoms with Gasteiger partial charge in [0.25, 0.3) is 0 Å². The molecule has 0 aromatic heterocycles. The number of fused-ring (bicyclic) bond motifs is 4. The smallest absolute Gasteiger partial charge is 0.223 e. The Labute approximate surface area is 163 Å². The minimum Gasteiger partial charge on any atom is -0.312 e. The number of anilines is 1. The third kappa shape index (κ3) is 3.04. The second kappa shape index (κ2) is 6.77. The van der Waals surface area contributed by atoms with Gasteiger partial charge in [-0.3, -0.25) is 4.79 Å². The first kappa shape index (κ1) is 17.5. The molecule has 3 unspecified atom stereocenters. The summed E-state index contributed by atoms with van der Waals surface area (Å²) in [5, 5.41) is 0. The van der Waals surface area contributed by atoms with Crippen LogP contribution in [0.1, 0.15) is 51.0 Å². The molecule has 3 atom stereocenters. The standard InChI is InChI=1S/C24H32N2O/c1-18(27)26-12-4-9-24(22-5-2-3-6-23(22)26)10-13-25(14-11-24)17-21-16-19-7-8-20(21)15-19/h2-3,5-8,19-21H,4,9-17H2,1H3. The Hall–Kier alpha value is -1.61. The van der Waals surface area contributed by atoms with Crippen LogP contribution >= 0.6 is 0 Å². The largest absolute Gasteiger partial charge is 0.312 e. The predicted octanol–water partition coefficient (Wildman–Crippen LogP) is 4.38. The molecule has 1 spiro atoms. The van der Waals surface area contributed by atoms with Crippen LogP contribution in [0.4, 0.5) is 5.69 Å². The lowest BCUT2D eigenvalue weighted by molar-refractivity contribution is -0.116. The molecule has 2 bridgehead atoms. The molecule has 2 aliphatic carbocycles. The summed E-state index contributed by atoms with van der Waals surface area (Å²) in [5.74, 6) is 2.81. The molecule has 4 aliphatic rings. The first-order chi connectivity index (χ1) is 13.1. The van der Waals surface area contributed by atoms with Gasteiger partial charge in [-0.1, -0.05) is 30.4 Å². The highest BCUT2D eigenvalue weighted by atomic mass is 16.2. The summed E-state index contributed by atoms with van der Waals surface area (Å²) >= 11 is 0. The predicted molar refractivity (Wildman–Crippen MR) is 110 cm³/mol. The van der Waals surface area contributed by atoms with Crippen molar-refractivity contribution in [1.82, 2.24) is 4.90 Å². The maximum atomic E-state index is 12.2. The highest BCUT2D eigenvalue weighted by molar-refractivity contribution is 5.92. The van der Waals surface area contributed by atoms with Crippen LogP contribution in [0.3, 0.4) is 0 Å². The van der Waals surface area contributed by atoms with Crippen LogP contribution in [0.2, 0.25) is 0 Å². The molecule has 3 nitrogen and oxygen atoms in total. The Balaban J connectivity index is 1.32. The van der Waals surface area contributed by atoms with Crippen LogP contribution in [-0.4, -0.2) is 37.0 Å². The van der Waals surface area contributed by atoms with Crippen LogP contribution in [0, 0.1) is 17.8 Å². The summed E-state index contributed by atoms with van der Waals surface area (Å²) < 4.78 is 0. The van der Waals surface area contributed by atoms with Crippen molar-refractivity contribution in [3.63, 3.8) is 0 Å². The molecular weight excluding hydrogens is 332 g/mol. The van der Waals surface area contributed by atoms with Crippen LogP contribution < -0.4 is 4.90 Å². The summed E-state index contributed by atoms with van der Waals surface area (Å²) in [4.78, 5) is 17.0. The number of nitrogens with zero attached hydrogens (tertiary/aromatic N) is 2. The van der Waals surface area contributed by atoms with Crippen molar-refractivity contribution < 1.29 is 4.79 Å². The lowest BCUT2D eigenvalue weighted by Gasteiger charge is -2.43. The van der Waals surface area contributed by atoms with Gasteiger partial charge in [-0.05, 0) is 86.4 Å². The summed E-state index contributed by atoms with van der Waals surface area (Å²) in [6, 6.07) is 8.72. The molecule has 2 fully saturated rings. The number of likely N-dealkylation sites (tertiary alicyclic amines) is 1. The minimum atomic E-state index is 0.182. The maximum absolute atomic E-state index is 12.2. The Bertz CT molecular complexity index is 747. The molecular formula is C24H32N2O. The van der Waals surface area contributed by atoms with E-state index < -0.39 is 0 Å². The van der Waals surface area contributed by atoms with E-state index >= 15 is 0 Å². The Morgan fingerprint density at radius 2 is 1.89 bits per heavy atom. The van der Waals surface area contributed by atoms with Gasteiger partial charge in [-0.15, -0.1) is 0 Å². The molecule has 0 radical (unpaired) electrons. The highest BCUT2D eigenvalue weighted by Gasteiger charge is 2.42. The quantitative estimate of drug-likeness (QED) is 0.727. The lowest BCUT2D eigenvalue weighted by atomic mass is 9.69. The van der Waals surface area contributed by atoms with Crippen molar-refractivity contribution in [1.29, 1.82) is 0 Å². The number of carbonyl (C=O) groups excluding carboxylic acids is 1. The van der Waals surface area contributed by atoms with E-state index in [4.69, 9.17) is 0 Å². The second-order valence-electron chi connectivity index (χ2n) is 9.41. The number of piperidine rings is 1. The molecule has 27 heavy (non-hydrogen) atoms. The number of hydrogen-bond donors (Lipinski definition) is 0. The number of hydrogen-bond acceptors (Lipinski definition) is 2. The molecule has 2 heterocycles. The van der Waals surface area contributed by atoms with Crippen LogP contribution in [-0.2, 0) is 10.2 Å². The summed E-state index contributed by atoms with van der Waals surface area (Å²) in [5.41, 5.74) is 2.88. The zero-order valence-electron chi connectivity index (χ0n) is 16.6. The topological polar surface area (TPSA) is 23.6 Å². The van der Waals surface area contributed by atoms with Gasteiger partial charge in [0, 0.05) is 25.7 Å². The average Bonchev–Trinajstić information content (AvgIpc) is 3.25. The molecule has 1 amide bonds. The van der Waals surface area contributed by atoms with Crippen molar-refractivity contribution in [2.75, 3.05) is 31.1 Å². The number of para-hydroxylation sites is 1. The summed E-state index contributed by atoms with van der Waals surface area (Å²) in [6.07, 6.45) is 12.6. The van der Waals surface area contributed by atoms with Gasteiger partial charge in [0.2, 0.25) is 5.91 Å². The third-order valence-corrected chi connectivity index (χ3v) is 7.91. The van der Waals surface area contributed by atoms with Gasteiger partial charge in [0.15, 0.2) is 0 Å². The van der Waals surface area contributed by atoms with E-state index in [2.05, 4.69) is 41.3 Å². The molecule has 5 rings (SSSR count). The average molecular weight is 365 g/mol. The van der Waals surface area contributed by atoms with Crippen LogP contribution in [0.25, 0.3) is 0 Å². The second-order valence-corrected chi connectivity index (χ2v) is 9.41. The fraction of sp³-hybridized carbons (Fsp3) is 0.625. The molecule has 1 aromatic carbocycles. The third-order valence-electron chi connectivity index (χ3n) is 7.91. The van der Waals surface area contributed by atoms with E-state index in [0.29, 0.717) is 0 Å². The van der Waals surface area contributed by atoms with E-state index in [1.54, 1.807) is 6.92 Å². The van der Waals surface area contributed by atoms with E-state index in [1.807, 2.05) is 4.90 Å². The van der Waals surface area contributed by atoms with E-state index in [1.165, 1.54) is 63.0 Å². The SMILES string of the molecule is CC(=O)N1CCCC2(CCN(CC3CC4C=CC3C4)CC2)c2ccccc21. The Morgan fingerprint density at radius 1 is 1.07 bits per heavy atom. The van der Waals surface area contributed by atoms with Crippen molar-refractivity contribution in [3.8, 4) is 0 Å². The molecule has 0 N–H and O–H groups in total. The van der Waals surface area contributed by atoms with Crippen molar-refractivity contribution in [3.05, 3.63) is 42.0 Å². The molecule has 2 aliphatic heterocycles. The van der Waals surface area contributed by atoms with Crippen molar-refractivity contribution in [2.24, 2.45) is 17.8 Å². The van der Waals surface area contributed by atoms with Gasteiger partial charge >= 0.3 is 0 Å². The first-order valence-electron chi connectivity index (χ1n) is 10.9. The normalized spacial score (nSPS) is 31.9.